The van der Waals surface area contributed by atoms with Crippen LogP contribution in [0.5, 0.6) is 0 Å². The van der Waals surface area contributed by atoms with Gasteiger partial charge in [0.25, 0.3) is 0 Å². The molecule has 0 aromatic heterocycles. The number of unbranched alkanes of at least 4 members (excludes halogenated alkanes) is 2. The summed E-state index contributed by atoms with van der Waals surface area (Å²) in [6.45, 7) is 5.51. The zero-order valence-electron chi connectivity index (χ0n) is 9.00. The molecule has 0 aromatic rings. The third-order valence-corrected chi connectivity index (χ3v) is 2.55. The minimum Gasteiger partial charge on any atom is -0.304 e. The maximum atomic E-state index is 8.36. The molecular weight excluding hydrogens is 176 g/mol. The van der Waals surface area contributed by atoms with Crippen LogP contribution in [0, 0.1) is 11.3 Å². The summed E-state index contributed by atoms with van der Waals surface area (Å²) in [5.74, 6) is 0. The highest BCUT2D eigenvalue weighted by Crippen LogP contribution is 1.96. The number of nitrogens with one attached hydrogen (secondary N) is 1. The van der Waals surface area contributed by atoms with E-state index in [0.29, 0.717) is 6.42 Å². The van der Waals surface area contributed by atoms with Crippen molar-refractivity contribution in [3.8, 4) is 6.07 Å². The predicted octanol–water partition coefficient (Wildman–Crippen LogP) is 0.432. The van der Waals surface area contributed by atoms with Gasteiger partial charge in [0.05, 0.1) is 6.07 Å². The summed E-state index contributed by atoms with van der Waals surface area (Å²) < 4.78 is 0. The number of likely N-dealkylation sites (N-methyl/N-ethyl adjacent to an activating group) is 1. The highest BCUT2D eigenvalue weighted by molar-refractivity contribution is 4.69. The third kappa shape index (κ3) is 4.56. The van der Waals surface area contributed by atoms with E-state index in [1.807, 2.05) is 0 Å². The monoisotopic (exact) mass is 196 g/mol. The molecule has 1 saturated heterocycles. The molecule has 0 atom stereocenters. The van der Waals surface area contributed by atoms with E-state index in [4.69, 9.17) is 5.26 Å². The summed E-state index contributed by atoms with van der Waals surface area (Å²) in [7, 11) is 2.16. The van der Waals surface area contributed by atoms with Crippen LogP contribution < -0.4 is 5.43 Å². The van der Waals surface area contributed by atoms with E-state index in [1.54, 1.807) is 0 Å². The minimum absolute atomic E-state index is 0.685. The van der Waals surface area contributed by atoms with Crippen LogP contribution >= 0.6 is 0 Å². The van der Waals surface area contributed by atoms with Gasteiger partial charge in [0, 0.05) is 39.1 Å². The SMILES string of the molecule is CN1CCN(NCCCCC#N)CC1. The fraction of sp³-hybridized carbons (Fsp3) is 0.900. The molecule has 1 rings (SSSR count). The Bertz CT molecular complexity index is 179. The molecule has 1 aliphatic heterocycles. The van der Waals surface area contributed by atoms with Crippen LogP contribution in [0.15, 0.2) is 0 Å². The third-order valence-electron chi connectivity index (χ3n) is 2.55. The largest absolute Gasteiger partial charge is 0.304 e. The summed E-state index contributed by atoms with van der Waals surface area (Å²) in [6, 6.07) is 2.16. The molecule has 0 aromatic carbocycles. The molecule has 0 spiro atoms. The molecule has 0 amide bonds. The number of nitriles is 1. The molecule has 1 aliphatic rings. The Labute approximate surface area is 86.5 Å². The highest BCUT2D eigenvalue weighted by Gasteiger charge is 2.12. The molecule has 1 heterocycles. The highest BCUT2D eigenvalue weighted by atomic mass is 15.5. The van der Waals surface area contributed by atoms with Crippen LogP contribution in [0.1, 0.15) is 19.3 Å². The summed E-state index contributed by atoms with van der Waals surface area (Å²) in [5.41, 5.74) is 3.40. The molecule has 4 heteroatoms. The van der Waals surface area contributed by atoms with Crippen molar-refractivity contribution in [1.82, 2.24) is 15.3 Å². The van der Waals surface area contributed by atoms with Crippen LogP contribution in [-0.4, -0.2) is 49.7 Å². The Morgan fingerprint density at radius 1 is 1.21 bits per heavy atom. The second kappa shape index (κ2) is 6.77. The number of hydrazine groups is 1. The first-order chi connectivity index (χ1) is 6.83. The van der Waals surface area contributed by atoms with Crippen molar-refractivity contribution in [2.24, 2.45) is 0 Å². The van der Waals surface area contributed by atoms with Crippen molar-refractivity contribution in [1.29, 1.82) is 5.26 Å². The molecule has 0 saturated carbocycles. The number of piperazine rings is 1. The number of hydrogen-bond donors (Lipinski definition) is 1. The molecule has 0 radical (unpaired) electrons. The number of nitrogens with zero attached hydrogens (tertiary/aromatic N) is 3. The summed E-state index contributed by atoms with van der Waals surface area (Å²) in [4.78, 5) is 2.34. The normalized spacial score (nSPS) is 19.4. The van der Waals surface area contributed by atoms with E-state index in [1.165, 1.54) is 0 Å². The van der Waals surface area contributed by atoms with E-state index in [0.717, 1.165) is 45.6 Å². The van der Waals surface area contributed by atoms with Gasteiger partial charge in [-0.1, -0.05) is 0 Å². The van der Waals surface area contributed by atoms with Gasteiger partial charge in [0.1, 0.15) is 0 Å². The fourth-order valence-electron chi connectivity index (χ4n) is 1.53. The summed E-state index contributed by atoms with van der Waals surface area (Å²) in [5, 5.41) is 10.6. The lowest BCUT2D eigenvalue weighted by Crippen LogP contribution is -2.50. The molecule has 4 nitrogen and oxygen atoms in total. The van der Waals surface area contributed by atoms with E-state index >= 15 is 0 Å². The summed E-state index contributed by atoms with van der Waals surface area (Å²) >= 11 is 0. The Hall–Kier alpha value is -0.630. The predicted molar refractivity (Wildman–Crippen MR) is 56.5 cm³/mol. The lowest BCUT2D eigenvalue weighted by atomic mass is 10.2. The van der Waals surface area contributed by atoms with Crippen molar-refractivity contribution in [3.63, 3.8) is 0 Å². The van der Waals surface area contributed by atoms with E-state index in [9.17, 15) is 0 Å². The van der Waals surface area contributed by atoms with Crippen LogP contribution in [0.3, 0.4) is 0 Å². The van der Waals surface area contributed by atoms with Gasteiger partial charge >= 0.3 is 0 Å². The smallest absolute Gasteiger partial charge is 0.0621 e. The topological polar surface area (TPSA) is 42.3 Å². The van der Waals surface area contributed by atoms with Crippen molar-refractivity contribution in [2.75, 3.05) is 39.8 Å². The molecule has 0 unspecified atom stereocenters. The van der Waals surface area contributed by atoms with Crippen molar-refractivity contribution in [2.45, 2.75) is 19.3 Å². The number of rotatable bonds is 5. The molecule has 0 aliphatic carbocycles. The van der Waals surface area contributed by atoms with E-state index in [-0.39, 0.29) is 0 Å². The molecule has 1 N–H and O–H groups in total. The van der Waals surface area contributed by atoms with Gasteiger partial charge in [-0.15, -0.1) is 0 Å². The molecule has 80 valence electrons. The first-order valence-corrected chi connectivity index (χ1v) is 5.37. The lowest BCUT2D eigenvalue weighted by molar-refractivity contribution is 0.104. The Balaban J connectivity index is 1.94. The maximum absolute atomic E-state index is 8.36. The minimum atomic E-state index is 0.685. The van der Waals surface area contributed by atoms with Gasteiger partial charge < -0.3 is 4.90 Å². The molecular formula is C10H20N4. The summed E-state index contributed by atoms with van der Waals surface area (Å²) in [6.07, 6.45) is 2.79. The zero-order valence-corrected chi connectivity index (χ0v) is 9.00. The number of hydrogen-bond acceptors (Lipinski definition) is 4. The molecule has 1 fully saturated rings. The van der Waals surface area contributed by atoms with E-state index in [2.05, 4.69) is 28.5 Å². The lowest BCUT2D eigenvalue weighted by Gasteiger charge is -2.32. The molecule has 0 bridgehead atoms. The van der Waals surface area contributed by atoms with Gasteiger partial charge in [0.15, 0.2) is 0 Å². The average molecular weight is 196 g/mol. The van der Waals surface area contributed by atoms with Crippen molar-refractivity contribution < 1.29 is 0 Å². The second-order valence-electron chi connectivity index (χ2n) is 3.81. The van der Waals surface area contributed by atoms with Crippen molar-refractivity contribution in [3.05, 3.63) is 0 Å². The standard InChI is InChI=1S/C10H20N4/c1-13-7-9-14(10-8-13)12-6-4-2-3-5-11/h12H,2-4,6-10H2,1H3. The quantitative estimate of drug-likeness (QED) is 0.648. The Kier molecular flexibility index (Phi) is 5.53. The van der Waals surface area contributed by atoms with Gasteiger partial charge in [0.2, 0.25) is 0 Å². The Morgan fingerprint density at radius 2 is 1.93 bits per heavy atom. The van der Waals surface area contributed by atoms with Crippen LogP contribution in [0.4, 0.5) is 0 Å². The van der Waals surface area contributed by atoms with Gasteiger partial charge in [-0.05, 0) is 19.9 Å². The maximum Gasteiger partial charge on any atom is 0.0621 e. The van der Waals surface area contributed by atoms with E-state index < -0.39 is 0 Å². The molecule has 14 heavy (non-hydrogen) atoms. The average Bonchev–Trinajstić information content (AvgIpc) is 2.21. The van der Waals surface area contributed by atoms with Crippen LogP contribution in [0.2, 0.25) is 0 Å². The fourth-order valence-corrected chi connectivity index (χ4v) is 1.53. The first kappa shape index (κ1) is 11.4. The zero-order chi connectivity index (χ0) is 10.2. The van der Waals surface area contributed by atoms with Gasteiger partial charge in [-0.3, -0.25) is 5.43 Å². The second-order valence-corrected chi connectivity index (χ2v) is 3.81. The van der Waals surface area contributed by atoms with Crippen LogP contribution in [-0.2, 0) is 0 Å². The van der Waals surface area contributed by atoms with Crippen molar-refractivity contribution >= 4 is 0 Å². The van der Waals surface area contributed by atoms with Crippen LogP contribution in [0.25, 0.3) is 0 Å². The Morgan fingerprint density at radius 3 is 2.57 bits per heavy atom. The first-order valence-electron chi connectivity index (χ1n) is 5.37. The van der Waals surface area contributed by atoms with Gasteiger partial charge in [-0.25, -0.2) is 5.01 Å². The van der Waals surface area contributed by atoms with Gasteiger partial charge in [-0.2, -0.15) is 5.26 Å².